The molecule has 0 spiro atoms. The predicted octanol–water partition coefficient (Wildman–Crippen LogP) is 4.65. The van der Waals surface area contributed by atoms with Gasteiger partial charge in [-0.05, 0) is 31.0 Å². The molecule has 6 rings (SSSR count). The molecule has 3 aliphatic heterocycles. The van der Waals surface area contributed by atoms with Crippen LogP contribution in [0.4, 0.5) is 30.6 Å². The van der Waals surface area contributed by atoms with Crippen molar-refractivity contribution in [2.45, 2.75) is 42.9 Å². The quantitative estimate of drug-likeness (QED) is 0.466. The largest absolute Gasteiger partial charge is 0.420 e. The Bertz CT molecular complexity index is 1400. The van der Waals surface area contributed by atoms with Crippen LogP contribution in [0.3, 0.4) is 0 Å². The van der Waals surface area contributed by atoms with E-state index in [0.29, 0.717) is 46.3 Å². The number of aryl methyl sites for hydroxylation is 1. The molecular formula is C25H26F3N7OS2. The van der Waals surface area contributed by atoms with E-state index in [1.807, 2.05) is 19.1 Å². The van der Waals surface area contributed by atoms with E-state index in [2.05, 4.69) is 25.5 Å². The number of carbonyl (C=O) groups excluding carboxylic acids is 1. The summed E-state index contributed by atoms with van der Waals surface area (Å²) in [5.41, 5.74) is 0.259. The second kappa shape index (κ2) is 9.69. The van der Waals surface area contributed by atoms with Gasteiger partial charge in [-0.25, -0.2) is 15.0 Å². The number of thiophene rings is 1. The van der Waals surface area contributed by atoms with Crippen molar-refractivity contribution < 1.29 is 18.0 Å². The molecule has 38 heavy (non-hydrogen) atoms. The summed E-state index contributed by atoms with van der Waals surface area (Å²) < 4.78 is 41.9. The maximum atomic E-state index is 14.0. The zero-order valence-corrected chi connectivity index (χ0v) is 22.4. The molecule has 2 N–H and O–H groups in total. The molecule has 3 aromatic heterocycles. The molecular weight excluding hydrogens is 535 g/mol. The van der Waals surface area contributed by atoms with Crippen molar-refractivity contribution >= 4 is 46.5 Å². The van der Waals surface area contributed by atoms with E-state index < -0.39 is 11.7 Å². The van der Waals surface area contributed by atoms with Gasteiger partial charge in [-0.2, -0.15) is 13.2 Å². The van der Waals surface area contributed by atoms with Crippen molar-refractivity contribution in [2.75, 3.05) is 42.7 Å². The summed E-state index contributed by atoms with van der Waals surface area (Å²) in [5.74, 6) is 1.43. The Morgan fingerprint density at radius 3 is 2.82 bits per heavy atom. The van der Waals surface area contributed by atoms with Gasteiger partial charge in [0.25, 0.3) is 5.91 Å². The first-order valence-corrected chi connectivity index (χ1v) is 14.2. The number of hydrogen-bond donors (Lipinski definition) is 2. The second-order valence-corrected chi connectivity index (χ2v) is 11.8. The lowest BCUT2D eigenvalue weighted by Gasteiger charge is -2.29. The number of rotatable bonds is 5. The van der Waals surface area contributed by atoms with Crippen LogP contribution in [0.15, 0.2) is 29.3 Å². The summed E-state index contributed by atoms with van der Waals surface area (Å²) in [7, 11) is 1.70. The van der Waals surface area contributed by atoms with Crippen molar-refractivity contribution in [3.63, 3.8) is 0 Å². The first kappa shape index (κ1) is 25.4. The number of pyridine rings is 1. The molecule has 13 heteroatoms. The van der Waals surface area contributed by atoms with Gasteiger partial charge in [0.15, 0.2) is 0 Å². The highest BCUT2D eigenvalue weighted by Gasteiger charge is 2.39. The van der Waals surface area contributed by atoms with Crippen molar-refractivity contribution in [3.8, 4) is 10.6 Å². The van der Waals surface area contributed by atoms with Gasteiger partial charge in [-0.3, -0.25) is 4.79 Å². The Morgan fingerprint density at radius 2 is 2.11 bits per heavy atom. The summed E-state index contributed by atoms with van der Waals surface area (Å²) in [6, 6.07) is 6.38. The maximum Gasteiger partial charge on any atom is 0.420 e. The van der Waals surface area contributed by atoms with Crippen LogP contribution < -0.4 is 15.5 Å². The number of thioether (sulfide) groups is 1. The van der Waals surface area contributed by atoms with Crippen LogP contribution >= 0.6 is 23.1 Å². The second-order valence-electron chi connectivity index (χ2n) is 9.62. The van der Waals surface area contributed by atoms with Gasteiger partial charge in [0.05, 0.1) is 22.0 Å². The molecule has 200 valence electrons. The van der Waals surface area contributed by atoms with Crippen molar-refractivity contribution in [3.05, 3.63) is 40.5 Å². The summed E-state index contributed by atoms with van der Waals surface area (Å²) in [6.07, 6.45) is -2.10. The van der Waals surface area contributed by atoms with E-state index in [1.54, 1.807) is 18.0 Å². The molecule has 2 saturated heterocycles. The molecule has 6 heterocycles. The van der Waals surface area contributed by atoms with Crippen molar-refractivity contribution in [1.82, 2.24) is 25.2 Å². The minimum atomic E-state index is -4.65. The Labute approximate surface area is 226 Å². The third-order valence-corrected chi connectivity index (χ3v) is 9.42. The monoisotopic (exact) mass is 561 g/mol. The number of nitrogens with one attached hydrogen (secondary N) is 2. The normalized spacial score (nSPS) is 21.1. The first-order valence-electron chi connectivity index (χ1n) is 12.4. The lowest BCUT2D eigenvalue weighted by Crippen LogP contribution is -2.44. The number of aromatic nitrogens is 3. The number of alkyl halides is 3. The SMILES string of the molecule is CCc1nc(N2CC3CC2CN3)ccc1Nc1ncc(C(F)(F)F)c(-c2cc3c(s2)C(=O)N(C)CCS3)n1. The lowest BCUT2D eigenvalue weighted by atomic mass is 10.2. The molecule has 3 aromatic rings. The number of carbonyl (C=O) groups is 1. The molecule has 0 aromatic carbocycles. The van der Waals surface area contributed by atoms with Gasteiger partial charge in [0, 0.05) is 55.6 Å². The van der Waals surface area contributed by atoms with Gasteiger partial charge < -0.3 is 20.4 Å². The van der Waals surface area contributed by atoms with E-state index in [9.17, 15) is 18.0 Å². The summed E-state index contributed by atoms with van der Waals surface area (Å²) in [6.45, 7) is 4.43. The molecule has 8 nitrogen and oxygen atoms in total. The third kappa shape index (κ3) is 4.60. The molecule has 0 radical (unpaired) electrons. The molecule has 2 atom stereocenters. The highest BCUT2D eigenvalue weighted by Crippen LogP contribution is 2.43. The average Bonchev–Trinajstić information content (AvgIpc) is 3.62. The van der Waals surface area contributed by atoms with E-state index in [1.165, 1.54) is 11.8 Å². The maximum absolute atomic E-state index is 14.0. The minimum absolute atomic E-state index is 0.0429. The van der Waals surface area contributed by atoms with Crippen LogP contribution in [0.1, 0.15) is 34.3 Å². The number of halogens is 3. The number of anilines is 3. The van der Waals surface area contributed by atoms with Crippen molar-refractivity contribution in [2.24, 2.45) is 0 Å². The van der Waals surface area contributed by atoms with Gasteiger partial charge in [0.2, 0.25) is 5.95 Å². The average molecular weight is 562 g/mol. The Kier molecular flexibility index (Phi) is 6.47. The van der Waals surface area contributed by atoms with Crippen LogP contribution in [0.5, 0.6) is 0 Å². The van der Waals surface area contributed by atoms with Gasteiger partial charge in [-0.15, -0.1) is 23.1 Å². The summed E-state index contributed by atoms with van der Waals surface area (Å²) in [4.78, 5) is 31.2. The van der Waals surface area contributed by atoms with Crippen LogP contribution in [0.25, 0.3) is 10.6 Å². The highest BCUT2D eigenvalue weighted by molar-refractivity contribution is 7.99. The van der Waals surface area contributed by atoms with E-state index in [-0.39, 0.29) is 22.4 Å². The van der Waals surface area contributed by atoms with Crippen molar-refractivity contribution in [1.29, 1.82) is 0 Å². The fourth-order valence-electron chi connectivity index (χ4n) is 5.15. The first-order chi connectivity index (χ1) is 18.2. The zero-order chi connectivity index (χ0) is 26.6. The summed E-state index contributed by atoms with van der Waals surface area (Å²) in [5, 5.41) is 6.58. The predicted molar refractivity (Wildman–Crippen MR) is 142 cm³/mol. The van der Waals surface area contributed by atoms with Crippen LogP contribution in [-0.2, 0) is 12.6 Å². The Hall–Kier alpha value is -2.90. The van der Waals surface area contributed by atoms with Gasteiger partial charge >= 0.3 is 6.18 Å². The smallest absolute Gasteiger partial charge is 0.351 e. The van der Waals surface area contributed by atoms with Gasteiger partial charge in [-0.1, -0.05) is 6.92 Å². The molecule has 2 fully saturated rings. The standard InChI is InChI=1S/C25H26F3N7OS2/c1-3-16-17(4-5-20(31-16)35-12-13-8-14(35)10-29-13)32-24-30-11-15(25(26,27)28)21(33-24)18-9-19-22(38-18)23(36)34(2)6-7-37-19/h4-5,9,11,13-14,29H,3,6-8,10,12H2,1-2H3,(H,30,32,33). The van der Waals surface area contributed by atoms with E-state index in [4.69, 9.17) is 4.98 Å². The molecule has 2 unspecified atom stereocenters. The third-order valence-electron chi connectivity index (χ3n) is 7.14. The van der Waals surface area contributed by atoms with E-state index in [0.717, 1.165) is 48.6 Å². The number of amides is 1. The van der Waals surface area contributed by atoms with Crippen LogP contribution in [0.2, 0.25) is 0 Å². The van der Waals surface area contributed by atoms with E-state index >= 15 is 0 Å². The van der Waals surface area contributed by atoms with Crippen LogP contribution in [-0.4, -0.2) is 70.3 Å². The molecule has 0 saturated carbocycles. The Morgan fingerprint density at radius 1 is 1.26 bits per heavy atom. The molecule has 1 amide bonds. The number of piperazine rings is 1. The fraction of sp³-hybridized carbons (Fsp3) is 0.440. The number of hydrogen-bond acceptors (Lipinski definition) is 9. The summed E-state index contributed by atoms with van der Waals surface area (Å²) >= 11 is 2.50. The highest BCUT2D eigenvalue weighted by atomic mass is 32.2. The van der Waals surface area contributed by atoms with Gasteiger partial charge in [0.1, 0.15) is 16.3 Å². The van der Waals surface area contributed by atoms with Crippen LogP contribution in [0, 0.1) is 0 Å². The topological polar surface area (TPSA) is 86.3 Å². The zero-order valence-electron chi connectivity index (χ0n) is 20.8. The minimum Gasteiger partial charge on any atom is -0.351 e. The molecule has 0 aliphatic carbocycles. The Balaban J connectivity index is 1.34. The molecule has 3 aliphatic rings. The number of nitrogens with zero attached hydrogens (tertiary/aromatic N) is 5. The lowest BCUT2D eigenvalue weighted by molar-refractivity contribution is -0.137. The fourth-order valence-corrected chi connectivity index (χ4v) is 7.58. The molecule has 2 bridgehead atoms. The number of fused-ring (bicyclic) bond motifs is 3.